The molecule has 0 unspecified atom stereocenters. The van der Waals surface area contributed by atoms with Crippen LogP contribution in [0, 0.1) is 12.7 Å². The molecule has 2 N–H and O–H groups in total. The molecule has 0 radical (unpaired) electrons. The Kier molecular flexibility index (Phi) is 3.86. The summed E-state index contributed by atoms with van der Waals surface area (Å²) in [7, 11) is 0. The lowest BCUT2D eigenvalue weighted by molar-refractivity contribution is 0.614. The molecule has 90 valence electrons. The van der Waals surface area contributed by atoms with Gasteiger partial charge in [0.25, 0.3) is 0 Å². The van der Waals surface area contributed by atoms with Crippen LogP contribution in [0.15, 0.2) is 24.3 Å². The summed E-state index contributed by atoms with van der Waals surface area (Å²) >= 11 is 1.63. The van der Waals surface area contributed by atoms with Crippen molar-refractivity contribution in [2.75, 3.05) is 6.54 Å². The maximum atomic E-state index is 13.5. The number of nitrogens with zero attached hydrogens (tertiary/aromatic N) is 1. The lowest BCUT2D eigenvalue weighted by Gasteiger charge is -1.98. The molecule has 0 saturated heterocycles. The molecule has 1 heterocycles. The van der Waals surface area contributed by atoms with Gasteiger partial charge in [-0.2, -0.15) is 0 Å². The van der Waals surface area contributed by atoms with Crippen molar-refractivity contribution in [1.82, 2.24) is 4.98 Å². The van der Waals surface area contributed by atoms with E-state index in [0.717, 1.165) is 17.1 Å². The number of nitrogens with two attached hydrogens (primary N) is 1. The Morgan fingerprint density at radius 1 is 1.35 bits per heavy atom. The molecular formula is C13H15FN2S. The zero-order valence-electron chi connectivity index (χ0n) is 9.74. The third kappa shape index (κ3) is 2.90. The SMILES string of the molecule is Cc1nc(Cc2ccccc2F)sc1CCN. The van der Waals surface area contributed by atoms with Crippen LogP contribution in [0.4, 0.5) is 4.39 Å². The summed E-state index contributed by atoms with van der Waals surface area (Å²) in [5.74, 6) is -0.166. The highest BCUT2D eigenvalue weighted by Crippen LogP contribution is 2.22. The fraction of sp³-hybridized carbons (Fsp3) is 0.308. The molecule has 4 heteroatoms. The number of rotatable bonds is 4. The molecule has 0 saturated carbocycles. The number of halogens is 1. The van der Waals surface area contributed by atoms with Crippen molar-refractivity contribution >= 4 is 11.3 Å². The Hall–Kier alpha value is -1.26. The predicted octanol–water partition coefficient (Wildman–Crippen LogP) is 2.68. The molecule has 0 aliphatic carbocycles. The zero-order valence-corrected chi connectivity index (χ0v) is 10.6. The molecule has 0 atom stereocenters. The molecule has 17 heavy (non-hydrogen) atoms. The monoisotopic (exact) mass is 250 g/mol. The third-order valence-corrected chi connectivity index (χ3v) is 3.83. The first kappa shape index (κ1) is 12.2. The summed E-state index contributed by atoms with van der Waals surface area (Å²) in [6.07, 6.45) is 1.41. The predicted molar refractivity (Wildman–Crippen MR) is 68.8 cm³/mol. The van der Waals surface area contributed by atoms with Crippen molar-refractivity contribution in [2.45, 2.75) is 19.8 Å². The van der Waals surface area contributed by atoms with Gasteiger partial charge >= 0.3 is 0 Å². The van der Waals surface area contributed by atoms with Crippen molar-refractivity contribution in [1.29, 1.82) is 0 Å². The lowest BCUT2D eigenvalue weighted by atomic mass is 10.1. The van der Waals surface area contributed by atoms with Gasteiger partial charge in [0.15, 0.2) is 0 Å². The van der Waals surface area contributed by atoms with E-state index in [-0.39, 0.29) is 5.82 Å². The average Bonchev–Trinajstić information content (AvgIpc) is 2.63. The van der Waals surface area contributed by atoms with Gasteiger partial charge in [0, 0.05) is 11.3 Å². The first-order chi connectivity index (χ1) is 8.20. The second-order valence-corrected chi connectivity index (χ2v) is 5.09. The molecule has 2 nitrogen and oxygen atoms in total. The second-order valence-electron chi connectivity index (χ2n) is 3.92. The Balaban J connectivity index is 2.19. The molecule has 2 rings (SSSR count). The van der Waals surface area contributed by atoms with E-state index in [0.29, 0.717) is 18.5 Å². The summed E-state index contributed by atoms with van der Waals surface area (Å²) in [4.78, 5) is 5.67. The number of thiazole rings is 1. The molecule has 0 spiro atoms. The van der Waals surface area contributed by atoms with E-state index in [1.54, 1.807) is 23.5 Å². The highest BCUT2D eigenvalue weighted by atomic mass is 32.1. The van der Waals surface area contributed by atoms with E-state index < -0.39 is 0 Å². The van der Waals surface area contributed by atoms with Crippen molar-refractivity contribution in [3.63, 3.8) is 0 Å². The molecule has 1 aromatic carbocycles. The maximum Gasteiger partial charge on any atom is 0.126 e. The summed E-state index contributed by atoms with van der Waals surface area (Å²) < 4.78 is 13.5. The molecule has 0 amide bonds. The zero-order chi connectivity index (χ0) is 12.3. The van der Waals surface area contributed by atoms with E-state index in [9.17, 15) is 4.39 Å². The molecule has 0 aliphatic rings. The van der Waals surface area contributed by atoms with Gasteiger partial charge in [0.1, 0.15) is 5.82 Å². The molecule has 0 aliphatic heterocycles. The molecular weight excluding hydrogens is 235 g/mol. The maximum absolute atomic E-state index is 13.5. The van der Waals surface area contributed by atoms with E-state index in [1.165, 1.54) is 10.9 Å². The van der Waals surface area contributed by atoms with Gasteiger partial charge in [-0.05, 0) is 31.5 Å². The number of hydrogen-bond acceptors (Lipinski definition) is 3. The highest BCUT2D eigenvalue weighted by Gasteiger charge is 2.09. The first-order valence-electron chi connectivity index (χ1n) is 5.59. The van der Waals surface area contributed by atoms with Gasteiger partial charge in [-0.15, -0.1) is 11.3 Å². The van der Waals surface area contributed by atoms with Crippen LogP contribution in [0.5, 0.6) is 0 Å². The van der Waals surface area contributed by atoms with Crippen LogP contribution < -0.4 is 5.73 Å². The minimum atomic E-state index is -0.166. The van der Waals surface area contributed by atoms with Crippen LogP contribution in [-0.4, -0.2) is 11.5 Å². The van der Waals surface area contributed by atoms with Crippen molar-refractivity contribution in [3.8, 4) is 0 Å². The molecule has 1 aromatic heterocycles. The van der Waals surface area contributed by atoms with Crippen molar-refractivity contribution < 1.29 is 4.39 Å². The van der Waals surface area contributed by atoms with Crippen LogP contribution in [-0.2, 0) is 12.8 Å². The largest absolute Gasteiger partial charge is 0.330 e. The number of hydrogen-bond donors (Lipinski definition) is 1. The van der Waals surface area contributed by atoms with E-state index in [1.807, 2.05) is 13.0 Å². The normalized spacial score (nSPS) is 10.8. The van der Waals surface area contributed by atoms with Crippen LogP contribution >= 0.6 is 11.3 Å². The fourth-order valence-electron chi connectivity index (χ4n) is 1.73. The van der Waals surface area contributed by atoms with E-state index >= 15 is 0 Å². The van der Waals surface area contributed by atoms with Crippen LogP contribution in [0.25, 0.3) is 0 Å². The van der Waals surface area contributed by atoms with Crippen LogP contribution in [0.3, 0.4) is 0 Å². The van der Waals surface area contributed by atoms with Crippen LogP contribution in [0.1, 0.15) is 21.1 Å². The number of aromatic nitrogens is 1. The minimum Gasteiger partial charge on any atom is -0.330 e. The van der Waals surface area contributed by atoms with E-state index in [2.05, 4.69) is 4.98 Å². The fourth-order valence-corrected chi connectivity index (χ4v) is 2.84. The summed E-state index contributed by atoms with van der Waals surface area (Å²) in [5, 5.41) is 0.955. The summed E-state index contributed by atoms with van der Waals surface area (Å²) in [6.45, 7) is 2.61. The topological polar surface area (TPSA) is 38.9 Å². The van der Waals surface area contributed by atoms with Crippen LogP contribution in [0.2, 0.25) is 0 Å². The smallest absolute Gasteiger partial charge is 0.126 e. The minimum absolute atomic E-state index is 0.166. The summed E-state index contributed by atoms with van der Waals surface area (Å²) in [6, 6.07) is 6.83. The van der Waals surface area contributed by atoms with Crippen molar-refractivity contribution in [2.24, 2.45) is 5.73 Å². The Labute approximate surface area is 104 Å². The second kappa shape index (κ2) is 5.38. The Bertz CT molecular complexity index is 508. The summed E-state index contributed by atoms with van der Waals surface area (Å²) in [5.41, 5.74) is 7.25. The third-order valence-electron chi connectivity index (χ3n) is 2.61. The molecule has 2 aromatic rings. The molecule has 0 fully saturated rings. The van der Waals surface area contributed by atoms with Crippen molar-refractivity contribution in [3.05, 3.63) is 51.2 Å². The highest BCUT2D eigenvalue weighted by molar-refractivity contribution is 7.11. The van der Waals surface area contributed by atoms with Gasteiger partial charge in [-0.3, -0.25) is 0 Å². The van der Waals surface area contributed by atoms with Gasteiger partial charge < -0.3 is 5.73 Å². The number of aryl methyl sites for hydroxylation is 1. The quantitative estimate of drug-likeness (QED) is 0.906. The van der Waals surface area contributed by atoms with Gasteiger partial charge in [0.05, 0.1) is 10.7 Å². The average molecular weight is 250 g/mol. The molecule has 0 bridgehead atoms. The Morgan fingerprint density at radius 2 is 2.12 bits per heavy atom. The van der Waals surface area contributed by atoms with Gasteiger partial charge in [-0.25, -0.2) is 9.37 Å². The van der Waals surface area contributed by atoms with Gasteiger partial charge in [0.2, 0.25) is 0 Å². The lowest BCUT2D eigenvalue weighted by Crippen LogP contribution is -2.01. The first-order valence-corrected chi connectivity index (χ1v) is 6.41. The van der Waals surface area contributed by atoms with E-state index in [4.69, 9.17) is 5.73 Å². The van der Waals surface area contributed by atoms with Gasteiger partial charge in [-0.1, -0.05) is 18.2 Å². The standard InChI is InChI=1S/C13H15FN2S/c1-9-12(6-7-15)17-13(16-9)8-10-4-2-3-5-11(10)14/h2-5H,6-8,15H2,1H3. The number of benzene rings is 1. The Morgan fingerprint density at radius 3 is 2.82 bits per heavy atom.